The van der Waals surface area contributed by atoms with Gasteiger partial charge < -0.3 is 20.4 Å². The molecule has 3 saturated heterocycles. The van der Waals surface area contributed by atoms with Crippen LogP contribution in [0, 0.1) is 0 Å². The van der Waals surface area contributed by atoms with Gasteiger partial charge in [0.05, 0.1) is 6.04 Å². The summed E-state index contributed by atoms with van der Waals surface area (Å²) in [4.78, 5) is 36.4. The van der Waals surface area contributed by atoms with Gasteiger partial charge in [0.1, 0.15) is 5.82 Å². The van der Waals surface area contributed by atoms with Crippen LogP contribution in [0.25, 0.3) is 0 Å². The molecule has 3 aliphatic heterocycles. The normalized spacial score (nSPS) is 25.2. The first-order chi connectivity index (χ1) is 16.7. The zero-order chi connectivity index (χ0) is 23.3. The zero-order valence-corrected chi connectivity index (χ0v) is 19.6. The number of amides is 2. The topological polar surface area (TPSA) is 80.8 Å². The number of rotatable bonds is 7. The van der Waals surface area contributed by atoms with Crippen molar-refractivity contribution >= 4 is 17.6 Å². The lowest BCUT2D eigenvalue weighted by Crippen LogP contribution is -2.58. The maximum atomic E-state index is 12.9. The molecule has 5 rings (SSSR count). The Morgan fingerprint density at radius 2 is 1.85 bits per heavy atom. The van der Waals surface area contributed by atoms with Crippen molar-refractivity contribution in [3.8, 4) is 0 Å². The van der Waals surface area contributed by atoms with Crippen LogP contribution < -0.4 is 15.5 Å². The second kappa shape index (κ2) is 10.5. The molecule has 34 heavy (non-hydrogen) atoms. The molecule has 3 fully saturated rings. The molecule has 0 bridgehead atoms. The predicted octanol–water partition coefficient (Wildman–Crippen LogP) is 1.24. The molecule has 0 saturated carbocycles. The zero-order valence-electron chi connectivity index (χ0n) is 19.6. The minimum absolute atomic E-state index is 0.0935. The molecule has 4 heterocycles. The predicted molar refractivity (Wildman–Crippen MR) is 131 cm³/mol. The molecule has 0 radical (unpaired) electrons. The van der Waals surface area contributed by atoms with Crippen LogP contribution in [0.3, 0.4) is 0 Å². The summed E-state index contributed by atoms with van der Waals surface area (Å²) in [5.74, 6) is 1.31. The van der Waals surface area contributed by atoms with Gasteiger partial charge in [0.2, 0.25) is 11.8 Å². The van der Waals surface area contributed by atoms with E-state index in [1.165, 1.54) is 5.56 Å². The number of hydrogen-bond acceptors (Lipinski definition) is 6. The van der Waals surface area contributed by atoms with Crippen molar-refractivity contribution in [2.24, 2.45) is 0 Å². The molecule has 1 aromatic carbocycles. The van der Waals surface area contributed by atoms with Gasteiger partial charge in [-0.05, 0) is 30.5 Å². The highest BCUT2D eigenvalue weighted by atomic mass is 16.2. The van der Waals surface area contributed by atoms with Crippen molar-refractivity contribution in [1.29, 1.82) is 0 Å². The van der Waals surface area contributed by atoms with Crippen LogP contribution in [0.1, 0.15) is 24.8 Å². The van der Waals surface area contributed by atoms with Gasteiger partial charge in [0.25, 0.3) is 0 Å². The van der Waals surface area contributed by atoms with E-state index in [0.717, 1.165) is 57.9 Å². The highest BCUT2D eigenvalue weighted by molar-refractivity contribution is 5.83. The van der Waals surface area contributed by atoms with E-state index in [2.05, 4.69) is 37.6 Å². The number of nitrogens with one attached hydrogen (secondary N) is 2. The van der Waals surface area contributed by atoms with E-state index in [1.54, 1.807) is 0 Å². The van der Waals surface area contributed by atoms with Gasteiger partial charge in [0, 0.05) is 70.5 Å². The number of hydrogen-bond donors (Lipinski definition) is 2. The molecular formula is C26H34N6O2. The fraction of sp³-hybridized carbons (Fsp3) is 0.500. The van der Waals surface area contributed by atoms with E-state index in [1.807, 2.05) is 47.5 Å². The summed E-state index contributed by atoms with van der Waals surface area (Å²) in [5.41, 5.74) is 1.25. The number of pyridine rings is 1. The van der Waals surface area contributed by atoms with Crippen LogP contribution in [-0.4, -0.2) is 84.0 Å². The first-order valence-corrected chi connectivity index (χ1v) is 12.4. The molecule has 1 aromatic heterocycles. The molecule has 2 N–H and O–H groups in total. The van der Waals surface area contributed by atoms with Gasteiger partial charge in [-0.2, -0.15) is 0 Å². The Hall–Kier alpha value is -2.97. The first-order valence-electron chi connectivity index (χ1n) is 12.4. The summed E-state index contributed by atoms with van der Waals surface area (Å²) in [5, 5.41) is 6.70. The fourth-order valence-corrected chi connectivity index (χ4v) is 5.42. The van der Waals surface area contributed by atoms with Gasteiger partial charge in [0.15, 0.2) is 0 Å². The summed E-state index contributed by atoms with van der Waals surface area (Å²) in [6.45, 7) is 5.37. The van der Waals surface area contributed by atoms with Crippen molar-refractivity contribution in [2.75, 3.05) is 44.2 Å². The SMILES string of the molecule is O=C1NCC(CCC(=O)N2CCN(c3ccccn3)CC2)N2CC(NCc3ccccc3)CC12. The summed E-state index contributed by atoms with van der Waals surface area (Å²) in [6, 6.07) is 16.7. The number of anilines is 1. The number of benzene rings is 1. The quantitative estimate of drug-likeness (QED) is 0.645. The maximum Gasteiger partial charge on any atom is 0.237 e. The van der Waals surface area contributed by atoms with Gasteiger partial charge in [-0.3, -0.25) is 14.5 Å². The molecule has 3 aliphatic rings. The molecule has 0 spiro atoms. The molecule has 8 heteroatoms. The number of carbonyl (C=O) groups is 2. The molecule has 2 aromatic rings. The van der Waals surface area contributed by atoms with Crippen LogP contribution >= 0.6 is 0 Å². The number of nitrogens with zero attached hydrogens (tertiary/aromatic N) is 4. The number of piperazine rings is 2. The van der Waals surface area contributed by atoms with Crippen molar-refractivity contribution in [2.45, 2.75) is 43.9 Å². The molecule has 180 valence electrons. The molecule has 8 nitrogen and oxygen atoms in total. The molecular weight excluding hydrogens is 428 g/mol. The van der Waals surface area contributed by atoms with E-state index in [0.29, 0.717) is 13.0 Å². The summed E-state index contributed by atoms with van der Waals surface area (Å²) in [6.07, 6.45) is 3.93. The van der Waals surface area contributed by atoms with E-state index in [9.17, 15) is 9.59 Å². The Morgan fingerprint density at radius 1 is 1.06 bits per heavy atom. The summed E-state index contributed by atoms with van der Waals surface area (Å²) < 4.78 is 0. The highest BCUT2D eigenvalue weighted by Crippen LogP contribution is 2.26. The lowest BCUT2D eigenvalue weighted by atomic mass is 10.0. The van der Waals surface area contributed by atoms with Crippen molar-refractivity contribution in [1.82, 2.24) is 25.4 Å². The van der Waals surface area contributed by atoms with Crippen LogP contribution in [0.5, 0.6) is 0 Å². The van der Waals surface area contributed by atoms with Gasteiger partial charge in [-0.1, -0.05) is 36.4 Å². The van der Waals surface area contributed by atoms with E-state index >= 15 is 0 Å². The van der Waals surface area contributed by atoms with Gasteiger partial charge in [-0.15, -0.1) is 0 Å². The van der Waals surface area contributed by atoms with E-state index in [4.69, 9.17) is 0 Å². The minimum atomic E-state index is -0.0935. The molecule has 2 amide bonds. The Kier molecular flexibility index (Phi) is 7.06. The third-order valence-electron chi connectivity index (χ3n) is 7.36. The Balaban J connectivity index is 1.10. The largest absolute Gasteiger partial charge is 0.353 e. The second-order valence-electron chi connectivity index (χ2n) is 9.51. The first kappa shape index (κ1) is 22.8. The highest BCUT2D eigenvalue weighted by Gasteiger charge is 2.43. The molecule has 3 atom stereocenters. The third-order valence-corrected chi connectivity index (χ3v) is 7.36. The average Bonchev–Trinajstić information content (AvgIpc) is 3.34. The lowest BCUT2D eigenvalue weighted by Gasteiger charge is -2.38. The number of aromatic nitrogens is 1. The summed E-state index contributed by atoms with van der Waals surface area (Å²) in [7, 11) is 0. The third kappa shape index (κ3) is 5.23. The lowest BCUT2D eigenvalue weighted by molar-refractivity contribution is -0.132. The van der Waals surface area contributed by atoms with Crippen LogP contribution in [0.4, 0.5) is 5.82 Å². The van der Waals surface area contributed by atoms with E-state index < -0.39 is 0 Å². The van der Waals surface area contributed by atoms with Crippen LogP contribution in [0.15, 0.2) is 54.7 Å². The van der Waals surface area contributed by atoms with Crippen molar-refractivity contribution < 1.29 is 9.59 Å². The molecule has 0 aliphatic carbocycles. The van der Waals surface area contributed by atoms with Gasteiger partial charge >= 0.3 is 0 Å². The Labute approximate surface area is 201 Å². The molecule has 3 unspecified atom stereocenters. The number of fused-ring (bicyclic) bond motifs is 1. The van der Waals surface area contributed by atoms with Crippen molar-refractivity contribution in [3.05, 3.63) is 60.3 Å². The average molecular weight is 463 g/mol. The van der Waals surface area contributed by atoms with Gasteiger partial charge in [-0.25, -0.2) is 4.98 Å². The Bertz CT molecular complexity index is 964. The van der Waals surface area contributed by atoms with Crippen molar-refractivity contribution in [3.63, 3.8) is 0 Å². The van der Waals surface area contributed by atoms with Crippen LogP contribution in [-0.2, 0) is 16.1 Å². The monoisotopic (exact) mass is 462 g/mol. The summed E-state index contributed by atoms with van der Waals surface area (Å²) >= 11 is 0. The van der Waals surface area contributed by atoms with E-state index in [-0.39, 0.29) is 29.9 Å². The fourth-order valence-electron chi connectivity index (χ4n) is 5.42. The van der Waals surface area contributed by atoms with Crippen LogP contribution in [0.2, 0.25) is 0 Å². The smallest absolute Gasteiger partial charge is 0.237 e. The second-order valence-corrected chi connectivity index (χ2v) is 9.51. The number of carbonyl (C=O) groups excluding carboxylic acids is 2. The maximum absolute atomic E-state index is 12.9. The Morgan fingerprint density at radius 3 is 2.62 bits per heavy atom. The minimum Gasteiger partial charge on any atom is -0.353 e. The standard InChI is InChI=1S/C26H34N6O2/c33-25(31-14-12-30(13-15-31)24-8-4-5-11-27-24)10-9-22-18-29-26(34)23-16-21(19-32(22)23)28-17-20-6-2-1-3-7-20/h1-8,11,21-23,28H,9-10,12-19H2,(H,29,34).